The van der Waals surface area contributed by atoms with Crippen LogP contribution in [0.2, 0.25) is 0 Å². The lowest BCUT2D eigenvalue weighted by Gasteiger charge is -2.11. The zero-order valence-corrected chi connectivity index (χ0v) is 15.3. The van der Waals surface area contributed by atoms with Crippen LogP contribution < -0.4 is 0 Å². The molecule has 0 spiro atoms. The zero-order chi connectivity index (χ0) is 19.4. The van der Waals surface area contributed by atoms with E-state index >= 15 is 0 Å². The first-order valence-corrected chi connectivity index (χ1v) is 8.16. The minimum absolute atomic E-state index is 0.0637. The van der Waals surface area contributed by atoms with Crippen molar-refractivity contribution in [3.8, 4) is 11.8 Å². The molecule has 26 heavy (non-hydrogen) atoms. The number of nitrogens with zero attached hydrogens (tertiary/aromatic N) is 2. The second kappa shape index (κ2) is 7.79. The molecule has 0 radical (unpaired) electrons. The van der Waals surface area contributed by atoms with Crippen LogP contribution in [0.5, 0.6) is 0 Å². The minimum atomic E-state index is -1.18. The van der Waals surface area contributed by atoms with Gasteiger partial charge in [0.2, 0.25) is 0 Å². The summed E-state index contributed by atoms with van der Waals surface area (Å²) in [4.78, 5) is 24.3. The molecular weight excluding hydrogens is 330 g/mol. The van der Waals surface area contributed by atoms with Crippen LogP contribution in [-0.4, -0.2) is 28.6 Å². The van der Waals surface area contributed by atoms with Gasteiger partial charge in [-0.1, -0.05) is 12.1 Å². The molecule has 0 fully saturated rings. The van der Waals surface area contributed by atoms with E-state index in [1.54, 1.807) is 12.1 Å². The molecule has 134 valence electrons. The van der Waals surface area contributed by atoms with Crippen LogP contribution in [0, 0.1) is 43.4 Å². The van der Waals surface area contributed by atoms with Crippen molar-refractivity contribution in [1.29, 1.82) is 10.7 Å². The Morgan fingerprint density at radius 1 is 1.27 bits per heavy atom. The molecule has 0 amide bonds. The highest BCUT2D eigenvalue weighted by atomic mass is 16.5. The Kier molecular flexibility index (Phi) is 5.73. The van der Waals surface area contributed by atoms with Gasteiger partial charge < -0.3 is 14.7 Å². The fraction of sp³-hybridized carbons (Fsp3) is 0.300. The highest BCUT2D eigenvalue weighted by molar-refractivity contribution is 6.06. The third kappa shape index (κ3) is 3.89. The first-order chi connectivity index (χ1) is 12.3. The third-order valence-corrected chi connectivity index (χ3v) is 4.14. The molecule has 2 rings (SSSR count). The summed E-state index contributed by atoms with van der Waals surface area (Å²) in [7, 11) is 0. The van der Waals surface area contributed by atoms with E-state index in [0.29, 0.717) is 11.3 Å². The number of benzene rings is 1. The number of aromatic nitrogens is 1. The van der Waals surface area contributed by atoms with Crippen molar-refractivity contribution in [2.24, 2.45) is 5.92 Å². The molecule has 2 aromatic rings. The molecule has 0 aliphatic rings. The van der Waals surface area contributed by atoms with Gasteiger partial charge in [-0.25, -0.2) is 4.79 Å². The standard InChI is InChI=1S/C20H21N3O3/c1-12-6-5-7-16(8-12)23-13(2)9-17(15(23)4)20(25)26-11-19(24)18(10-21)14(3)22/h5-9,18,22H,11H2,1-4H3/t18-/m0/s1. The van der Waals surface area contributed by atoms with Gasteiger partial charge in [0, 0.05) is 22.8 Å². The Morgan fingerprint density at radius 3 is 2.54 bits per heavy atom. The van der Waals surface area contributed by atoms with Crippen LogP contribution in [0.25, 0.3) is 5.69 Å². The molecule has 6 nitrogen and oxygen atoms in total. The second-order valence-electron chi connectivity index (χ2n) is 6.25. The first-order valence-electron chi connectivity index (χ1n) is 8.16. The van der Waals surface area contributed by atoms with Crippen LogP contribution in [0.15, 0.2) is 30.3 Å². The lowest BCUT2D eigenvalue weighted by atomic mass is 10.0. The number of nitrogens with one attached hydrogen (secondary N) is 1. The molecular formula is C20H21N3O3. The summed E-state index contributed by atoms with van der Waals surface area (Å²) in [6.45, 7) is 6.55. The maximum Gasteiger partial charge on any atom is 0.340 e. The quantitative estimate of drug-likeness (QED) is 0.638. The van der Waals surface area contributed by atoms with E-state index in [9.17, 15) is 9.59 Å². The fourth-order valence-corrected chi connectivity index (χ4v) is 2.84. The summed E-state index contributed by atoms with van der Waals surface area (Å²) >= 11 is 0. The number of Topliss-reactive ketones (excluding diaryl/α,β-unsaturated/α-hetero) is 1. The molecule has 1 heterocycles. The summed E-state index contributed by atoms with van der Waals surface area (Å²) in [6.07, 6.45) is 0. The van der Waals surface area contributed by atoms with Gasteiger partial charge in [-0.05, 0) is 51.5 Å². The summed E-state index contributed by atoms with van der Waals surface area (Å²) in [6, 6.07) is 11.4. The van der Waals surface area contributed by atoms with Crippen molar-refractivity contribution >= 4 is 17.5 Å². The summed E-state index contributed by atoms with van der Waals surface area (Å²) in [5.41, 5.74) is 3.94. The van der Waals surface area contributed by atoms with Gasteiger partial charge in [0.05, 0.1) is 11.6 Å². The number of ether oxygens (including phenoxy) is 1. The molecule has 0 aliphatic carbocycles. The molecule has 1 aromatic carbocycles. The molecule has 0 unspecified atom stereocenters. The largest absolute Gasteiger partial charge is 0.454 e. The first kappa shape index (κ1) is 19.1. The van der Waals surface area contributed by atoms with Crippen LogP contribution in [0.4, 0.5) is 0 Å². The number of hydrogen-bond donors (Lipinski definition) is 1. The van der Waals surface area contributed by atoms with Crippen molar-refractivity contribution in [3.05, 3.63) is 52.8 Å². The maximum absolute atomic E-state index is 12.4. The summed E-state index contributed by atoms with van der Waals surface area (Å²) in [5, 5.41) is 16.3. The molecule has 1 atom stereocenters. The average molecular weight is 351 g/mol. The Balaban J connectivity index is 2.21. The van der Waals surface area contributed by atoms with Gasteiger partial charge in [0.25, 0.3) is 0 Å². The van der Waals surface area contributed by atoms with Gasteiger partial charge in [0.15, 0.2) is 12.4 Å². The predicted molar refractivity (Wildman–Crippen MR) is 97.8 cm³/mol. The molecule has 0 saturated heterocycles. The Hall–Kier alpha value is -3.20. The van der Waals surface area contributed by atoms with E-state index < -0.39 is 24.3 Å². The summed E-state index contributed by atoms with van der Waals surface area (Å²) < 4.78 is 7.03. The second-order valence-corrected chi connectivity index (χ2v) is 6.25. The number of ketones is 1. The van der Waals surface area contributed by atoms with E-state index in [0.717, 1.165) is 16.9 Å². The monoisotopic (exact) mass is 351 g/mol. The van der Waals surface area contributed by atoms with Gasteiger partial charge in [-0.15, -0.1) is 0 Å². The lowest BCUT2D eigenvalue weighted by Crippen LogP contribution is -2.25. The van der Waals surface area contributed by atoms with Crippen molar-refractivity contribution in [2.45, 2.75) is 27.7 Å². The Labute approximate surface area is 152 Å². The van der Waals surface area contributed by atoms with E-state index in [4.69, 9.17) is 15.4 Å². The number of carbonyl (C=O) groups is 2. The average Bonchev–Trinajstić information content (AvgIpc) is 2.87. The van der Waals surface area contributed by atoms with Crippen molar-refractivity contribution in [1.82, 2.24) is 4.57 Å². The van der Waals surface area contributed by atoms with E-state index in [2.05, 4.69) is 0 Å². The van der Waals surface area contributed by atoms with Crippen LogP contribution >= 0.6 is 0 Å². The SMILES string of the molecule is CC(=N)[C@H](C#N)C(=O)COC(=O)c1cc(C)n(-c2cccc(C)c2)c1C. The van der Waals surface area contributed by atoms with Crippen LogP contribution in [0.3, 0.4) is 0 Å². The summed E-state index contributed by atoms with van der Waals surface area (Å²) in [5.74, 6) is -2.40. The normalized spacial score (nSPS) is 11.5. The molecule has 1 N–H and O–H groups in total. The van der Waals surface area contributed by atoms with Crippen molar-refractivity contribution < 1.29 is 14.3 Å². The van der Waals surface area contributed by atoms with Gasteiger partial charge in [-0.3, -0.25) is 4.79 Å². The number of esters is 1. The predicted octanol–water partition coefficient (Wildman–Crippen LogP) is 3.31. The molecule has 0 bridgehead atoms. The molecule has 1 aromatic heterocycles. The molecule has 6 heteroatoms. The maximum atomic E-state index is 12.4. The molecule has 0 saturated carbocycles. The van der Waals surface area contributed by atoms with E-state index in [1.807, 2.05) is 49.6 Å². The Morgan fingerprint density at radius 2 is 1.96 bits per heavy atom. The van der Waals surface area contributed by atoms with Crippen LogP contribution in [0.1, 0.15) is 34.2 Å². The van der Waals surface area contributed by atoms with E-state index in [1.165, 1.54) is 6.92 Å². The van der Waals surface area contributed by atoms with Crippen molar-refractivity contribution in [2.75, 3.05) is 6.61 Å². The van der Waals surface area contributed by atoms with Gasteiger partial charge >= 0.3 is 5.97 Å². The highest BCUT2D eigenvalue weighted by Gasteiger charge is 2.23. The lowest BCUT2D eigenvalue weighted by molar-refractivity contribution is -0.122. The van der Waals surface area contributed by atoms with Gasteiger partial charge in [-0.2, -0.15) is 5.26 Å². The highest BCUT2D eigenvalue weighted by Crippen LogP contribution is 2.22. The Bertz CT molecular complexity index is 919. The number of nitriles is 1. The van der Waals surface area contributed by atoms with E-state index in [-0.39, 0.29) is 5.71 Å². The third-order valence-electron chi connectivity index (χ3n) is 4.14. The number of hydrogen-bond acceptors (Lipinski definition) is 5. The number of carbonyl (C=O) groups excluding carboxylic acids is 2. The minimum Gasteiger partial charge on any atom is -0.454 e. The number of rotatable bonds is 6. The van der Waals surface area contributed by atoms with Crippen molar-refractivity contribution in [3.63, 3.8) is 0 Å². The zero-order valence-electron chi connectivity index (χ0n) is 15.3. The fourth-order valence-electron chi connectivity index (χ4n) is 2.84. The van der Waals surface area contributed by atoms with Gasteiger partial charge in [0.1, 0.15) is 5.92 Å². The smallest absolute Gasteiger partial charge is 0.340 e. The topological polar surface area (TPSA) is 95.9 Å². The molecule has 0 aliphatic heterocycles. The number of aryl methyl sites for hydroxylation is 2. The van der Waals surface area contributed by atoms with Crippen LogP contribution in [-0.2, 0) is 9.53 Å².